The van der Waals surface area contributed by atoms with Crippen molar-refractivity contribution in [2.24, 2.45) is 0 Å². The van der Waals surface area contributed by atoms with Crippen LogP contribution in [-0.2, 0) is 6.42 Å². The number of aryl methyl sites for hydroxylation is 1. The minimum atomic E-state index is -0.868. The zero-order valence-corrected chi connectivity index (χ0v) is 16.8. The van der Waals surface area contributed by atoms with Crippen molar-refractivity contribution in [2.75, 3.05) is 7.11 Å². The van der Waals surface area contributed by atoms with E-state index in [1.807, 2.05) is 25.1 Å². The lowest BCUT2D eigenvalue weighted by Gasteiger charge is -2.11. The van der Waals surface area contributed by atoms with Crippen molar-refractivity contribution >= 4 is 21.6 Å². The van der Waals surface area contributed by atoms with Gasteiger partial charge in [0.05, 0.1) is 24.4 Å². The van der Waals surface area contributed by atoms with Crippen LogP contribution in [0.4, 0.5) is 0 Å². The van der Waals surface area contributed by atoms with Crippen LogP contribution in [0.15, 0.2) is 48.7 Å². The summed E-state index contributed by atoms with van der Waals surface area (Å²) in [5, 5.41) is 21.0. The van der Waals surface area contributed by atoms with E-state index in [-0.39, 0.29) is 0 Å². The Bertz CT molecular complexity index is 1230. The summed E-state index contributed by atoms with van der Waals surface area (Å²) in [5.41, 5.74) is 2.87. The van der Waals surface area contributed by atoms with Crippen LogP contribution >= 0.6 is 11.3 Å². The van der Waals surface area contributed by atoms with Gasteiger partial charge in [0, 0.05) is 27.6 Å². The molecule has 4 aromatic rings. The molecule has 3 heterocycles. The Hall–Kier alpha value is -3.34. The number of hydrogen-bond donors (Lipinski definition) is 1. The topological polar surface area (TPSA) is 91.9 Å². The highest BCUT2D eigenvalue weighted by Gasteiger charge is 2.21. The summed E-state index contributed by atoms with van der Waals surface area (Å²) >= 11 is 1.42. The Morgan fingerprint density at radius 2 is 2.07 bits per heavy atom. The smallest absolute Gasteiger partial charge is 0.219 e. The van der Waals surface area contributed by atoms with Crippen LogP contribution in [0.3, 0.4) is 0 Å². The van der Waals surface area contributed by atoms with Gasteiger partial charge < -0.3 is 9.84 Å². The molecule has 6 nitrogen and oxygen atoms in total. The molecule has 1 unspecified atom stereocenters. The van der Waals surface area contributed by atoms with Crippen molar-refractivity contribution < 1.29 is 9.84 Å². The maximum atomic E-state index is 10.9. The van der Waals surface area contributed by atoms with Crippen LogP contribution in [0.2, 0.25) is 0 Å². The van der Waals surface area contributed by atoms with Crippen molar-refractivity contribution in [1.82, 2.24) is 15.0 Å². The first-order valence-electron chi connectivity index (χ1n) is 9.12. The highest BCUT2D eigenvalue weighted by Crippen LogP contribution is 2.36. The quantitative estimate of drug-likeness (QED) is 0.536. The third-order valence-corrected chi connectivity index (χ3v) is 5.71. The first kappa shape index (κ1) is 19.0. The molecule has 0 saturated carbocycles. The second kappa shape index (κ2) is 7.95. The number of aliphatic hydroxyl groups excluding tert-OH is 1. The Balaban J connectivity index is 1.82. The van der Waals surface area contributed by atoms with Gasteiger partial charge in [-0.15, -0.1) is 11.3 Å². The lowest BCUT2D eigenvalue weighted by atomic mass is 10.1. The fourth-order valence-corrected chi connectivity index (χ4v) is 4.25. The summed E-state index contributed by atoms with van der Waals surface area (Å²) in [7, 11) is 1.53. The molecule has 0 aliphatic heterocycles. The summed E-state index contributed by atoms with van der Waals surface area (Å²) in [6, 6.07) is 14.9. The molecule has 1 aromatic carbocycles. The Morgan fingerprint density at radius 1 is 1.21 bits per heavy atom. The van der Waals surface area contributed by atoms with Crippen LogP contribution in [0.1, 0.15) is 34.7 Å². The third kappa shape index (κ3) is 3.56. The molecule has 4 rings (SSSR count). The van der Waals surface area contributed by atoms with Crippen LogP contribution in [-0.4, -0.2) is 27.2 Å². The highest BCUT2D eigenvalue weighted by atomic mass is 32.1. The first-order chi connectivity index (χ1) is 14.1. The molecule has 7 heteroatoms. The van der Waals surface area contributed by atoms with Gasteiger partial charge in [-0.25, -0.2) is 15.0 Å². The summed E-state index contributed by atoms with van der Waals surface area (Å²) in [6.45, 7) is 2.04. The molecule has 0 spiro atoms. The molecule has 29 heavy (non-hydrogen) atoms. The van der Waals surface area contributed by atoms with Gasteiger partial charge in [0.15, 0.2) is 5.82 Å². The minimum Gasteiger partial charge on any atom is -0.481 e. The molecule has 0 aliphatic carbocycles. The standard InChI is InChI=1S/C22H18N4O2S/c1-3-17-16-11-18(19(27)15-8-5-9-24-21(15)28-2)29-22(16)26-20(25-17)14-7-4-6-13(10-14)12-23/h4-11,19,27H,3H2,1-2H3. The molecule has 1 N–H and O–H groups in total. The fraction of sp³-hybridized carbons (Fsp3) is 0.182. The van der Waals surface area contributed by atoms with E-state index < -0.39 is 6.10 Å². The lowest BCUT2D eigenvalue weighted by molar-refractivity contribution is 0.217. The van der Waals surface area contributed by atoms with Crippen molar-refractivity contribution in [2.45, 2.75) is 19.4 Å². The Kier molecular flexibility index (Phi) is 5.21. The molecular weight excluding hydrogens is 384 g/mol. The van der Waals surface area contributed by atoms with Gasteiger partial charge in [-0.1, -0.05) is 19.1 Å². The minimum absolute atomic E-state index is 0.397. The van der Waals surface area contributed by atoms with Gasteiger partial charge in [-0.3, -0.25) is 0 Å². The molecule has 0 aliphatic rings. The number of fused-ring (bicyclic) bond motifs is 1. The maximum Gasteiger partial charge on any atom is 0.219 e. The van der Waals surface area contributed by atoms with Crippen LogP contribution in [0.25, 0.3) is 21.6 Å². The predicted molar refractivity (Wildman–Crippen MR) is 112 cm³/mol. The average Bonchev–Trinajstić information content (AvgIpc) is 3.22. The number of aliphatic hydroxyl groups is 1. The van der Waals surface area contributed by atoms with Crippen LogP contribution in [0, 0.1) is 11.3 Å². The van der Waals surface area contributed by atoms with Crippen molar-refractivity contribution in [3.05, 3.63) is 70.4 Å². The number of nitrogens with zero attached hydrogens (tertiary/aromatic N) is 4. The van der Waals surface area contributed by atoms with E-state index in [4.69, 9.17) is 20.0 Å². The second-order valence-electron chi connectivity index (χ2n) is 6.41. The monoisotopic (exact) mass is 402 g/mol. The van der Waals surface area contributed by atoms with E-state index in [1.54, 1.807) is 30.5 Å². The van der Waals surface area contributed by atoms with Gasteiger partial charge in [-0.2, -0.15) is 5.26 Å². The van der Waals surface area contributed by atoms with Crippen molar-refractivity contribution in [3.63, 3.8) is 0 Å². The number of pyridine rings is 1. The van der Waals surface area contributed by atoms with E-state index in [9.17, 15) is 5.11 Å². The molecule has 0 fully saturated rings. The molecule has 0 bridgehead atoms. The molecule has 0 saturated heterocycles. The molecule has 1 atom stereocenters. The van der Waals surface area contributed by atoms with E-state index in [1.165, 1.54) is 18.4 Å². The van der Waals surface area contributed by atoms with Gasteiger partial charge in [0.25, 0.3) is 0 Å². The zero-order valence-electron chi connectivity index (χ0n) is 16.0. The Labute approximate surface area is 172 Å². The molecule has 0 radical (unpaired) electrons. The van der Waals surface area contributed by atoms with E-state index in [2.05, 4.69) is 11.1 Å². The normalized spacial score (nSPS) is 11.9. The summed E-state index contributed by atoms with van der Waals surface area (Å²) < 4.78 is 5.28. The van der Waals surface area contributed by atoms with E-state index in [0.717, 1.165) is 32.8 Å². The molecule has 144 valence electrons. The van der Waals surface area contributed by atoms with E-state index >= 15 is 0 Å². The van der Waals surface area contributed by atoms with Gasteiger partial charge in [-0.05, 0) is 36.8 Å². The number of rotatable bonds is 5. The average molecular weight is 402 g/mol. The predicted octanol–water partition coefficient (Wildman–Crippen LogP) is 4.28. The van der Waals surface area contributed by atoms with Crippen molar-refractivity contribution in [3.8, 4) is 23.3 Å². The second-order valence-corrected chi connectivity index (χ2v) is 7.47. The third-order valence-electron chi connectivity index (χ3n) is 4.63. The number of methoxy groups -OCH3 is 1. The maximum absolute atomic E-state index is 10.9. The fourth-order valence-electron chi connectivity index (χ4n) is 3.20. The van der Waals surface area contributed by atoms with Crippen LogP contribution in [0.5, 0.6) is 5.88 Å². The van der Waals surface area contributed by atoms with Gasteiger partial charge >= 0.3 is 0 Å². The number of thiophene rings is 1. The molecule has 3 aromatic heterocycles. The summed E-state index contributed by atoms with van der Waals surface area (Å²) in [4.78, 5) is 15.1. The summed E-state index contributed by atoms with van der Waals surface area (Å²) in [6.07, 6.45) is 1.49. The van der Waals surface area contributed by atoms with E-state index in [0.29, 0.717) is 22.8 Å². The number of hydrogen-bond acceptors (Lipinski definition) is 7. The van der Waals surface area contributed by atoms with Gasteiger partial charge in [0.1, 0.15) is 10.9 Å². The highest BCUT2D eigenvalue weighted by molar-refractivity contribution is 7.18. The number of ether oxygens (including phenoxy) is 1. The Morgan fingerprint density at radius 3 is 2.83 bits per heavy atom. The van der Waals surface area contributed by atoms with Crippen LogP contribution < -0.4 is 4.74 Å². The number of nitriles is 1. The lowest BCUT2D eigenvalue weighted by Crippen LogP contribution is -2.01. The largest absolute Gasteiger partial charge is 0.481 e. The zero-order chi connectivity index (χ0) is 20.4. The number of aromatic nitrogens is 3. The van der Waals surface area contributed by atoms with Gasteiger partial charge in [0.2, 0.25) is 5.88 Å². The molecule has 0 amide bonds. The number of benzene rings is 1. The molecular formula is C22H18N4O2S. The first-order valence-corrected chi connectivity index (χ1v) is 9.94. The summed E-state index contributed by atoms with van der Waals surface area (Å²) in [5.74, 6) is 0.974. The SMILES string of the molecule is CCc1nc(-c2cccc(C#N)c2)nc2sc(C(O)c3cccnc3OC)cc12. The van der Waals surface area contributed by atoms with Crippen molar-refractivity contribution in [1.29, 1.82) is 5.26 Å².